The summed E-state index contributed by atoms with van der Waals surface area (Å²) in [6.07, 6.45) is 6.39. The van der Waals surface area contributed by atoms with Crippen molar-refractivity contribution < 1.29 is 9.53 Å². The van der Waals surface area contributed by atoms with Gasteiger partial charge in [-0.2, -0.15) is 5.10 Å². The number of aryl methyl sites for hydroxylation is 1. The Morgan fingerprint density at radius 1 is 1.38 bits per heavy atom. The Morgan fingerprint density at radius 2 is 2.27 bits per heavy atom. The van der Waals surface area contributed by atoms with Gasteiger partial charge in [0.25, 0.3) is 5.91 Å². The average molecular weight is 350 g/mol. The number of nitrogens with zero attached hydrogens (tertiary/aromatic N) is 2. The molecule has 0 saturated carbocycles. The average Bonchev–Trinajstić information content (AvgIpc) is 3.10. The summed E-state index contributed by atoms with van der Waals surface area (Å²) in [6, 6.07) is 10.0. The molecule has 6 heteroatoms. The lowest BCUT2D eigenvalue weighted by atomic mass is 9.86. The van der Waals surface area contributed by atoms with E-state index in [-0.39, 0.29) is 11.9 Å². The molecule has 3 N–H and O–H groups in total. The van der Waals surface area contributed by atoms with Crippen LogP contribution in [-0.2, 0) is 13.0 Å². The lowest BCUT2D eigenvalue weighted by Gasteiger charge is -2.27. The molecule has 1 aliphatic rings. The Balaban J connectivity index is 1.60. The van der Waals surface area contributed by atoms with Crippen molar-refractivity contribution in [2.75, 3.05) is 7.11 Å². The van der Waals surface area contributed by atoms with Gasteiger partial charge in [0.2, 0.25) is 0 Å². The fourth-order valence-electron chi connectivity index (χ4n) is 3.64. The van der Waals surface area contributed by atoms with Crippen molar-refractivity contribution in [1.29, 1.82) is 0 Å². The van der Waals surface area contributed by atoms with Gasteiger partial charge in [0, 0.05) is 6.54 Å². The molecule has 0 aliphatic heterocycles. The van der Waals surface area contributed by atoms with Gasteiger partial charge in [-0.1, -0.05) is 18.2 Å². The van der Waals surface area contributed by atoms with Gasteiger partial charge in [-0.25, -0.2) is 4.52 Å². The molecule has 0 fully saturated rings. The van der Waals surface area contributed by atoms with Crippen molar-refractivity contribution >= 4 is 11.4 Å². The summed E-state index contributed by atoms with van der Waals surface area (Å²) in [4.78, 5) is 12.9. The minimum atomic E-state index is -0.106. The smallest absolute Gasteiger partial charge is 0.255 e. The molecule has 3 aromatic rings. The summed E-state index contributed by atoms with van der Waals surface area (Å²) in [7, 11) is 1.61. The molecule has 2 heterocycles. The van der Waals surface area contributed by atoms with E-state index in [1.54, 1.807) is 24.0 Å². The maximum Gasteiger partial charge on any atom is 0.255 e. The standard InChI is InChI=1S/C20H22N4O2/c1-26-15-6-8-19-17(11-22-24(19)12-15)20(25)23-18-4-2-3-14-9-13(10-21)5-7-16(14)18/h5-9,11-12,18H,2-4,10,21H2,1H3,(H,23,25). The largest absolute Gasteiger partial charge is 0.495 e. The molecule has 6 nitrogen and oxygen atoms in total. The molecule has 134 valence electrons. The van der Waals surface area contributed by atoms with Crippen molar-refractivity contribution in [2.45, 2.75) is 31.8 Å². The van der Waals surface area contributed by atoms with Gasteiger partial charge in [0.05, 0.1) is 36.6 Å². The zero-order valence-corrected chi connectivity index (χ0v) is 14.7. The number of carbonyl (C=O) groups excluding carboxylic acids is 1. The zero-order valence-electron chi connectivity index (χ0n) is 14.7. The summed E-state index contributed by atoms with van der Waals surface area (Å²) in [5, 5.41) is 7.45. The zero-order chi connectivity index (χ0) is 18.1. The number of nitrogens with two attached hydrogens (primary N) is 1. The molecule has 0 radical (unpaired) electrons. The van der Waals surface area contributed by atoms with Crippen molar-refractivity contribution in [2.24, 2.45) is 5.73 Å². The van der Waals surface area contributed by atoms with E-state index in [2.05, 4.69) is 22.5 Å². The lowest BCUT2D eigenvalue weighted by molar-refractivity contribution is 0.0934. The fourth-order valence-corrected chi connectivity index (χ4v) is 3.64. The first kappa shape index (κ1) is 16.6. The molecular weight excluding hydrogens is 328 g/mol. The highest BCUT2D eigenvalue weighted by molar-refractivity contribution is 6.00. The Morgan fingerprint density at radius 3 is 3.08 bits per heavy atom. The Bertz CT molecular complexity index is 964. The SMILES string of the molecule is COc1ccc2c(C(=O)NC3CCCc4cc(CN)ccc43)cnn2c1. The first-order chi connectivity index (χ1) is 12.7. The number of ether oxygens (including phenoxy) is 1. The first-order valence-electron chi connectivity index (χ1n) is 8.83. The number of aromatic nitrogens is 2. The van der Waals surface area contributed by atoms with Crippen LogP contribution in [0.3, 0.4) is 0 Å². The van der Waals surface area contributed by atoms with Crippen LogP contribution in [0.1, 0.15) is 45.9 Å². The molecule has 2 aromatic heterocycles. The van der Waals surface area contributed by atoms with E-state index < -0.39 is 0 Å². The van der Waals surface area contributed by atoms with Crippen molar-refractivity contribution in [3.63, 3.8) is 0 Å². The number of hydrogen-bond donors (Lipinski definition) is 2. The van der Waals surface area contributed by atoms with E-state index in [0.29, 0.717) is 17.9 Å². The molecule has 4 rings (SSSR count). The van der Waals surface area contributed by atoms with E-state index in [1.165, 1.54) is 11.1 Å². The third-order valence-electron chi connectivity index (χ3n) is 5.03. The molecular formula is C20H22N4O2. The second kappa shape index (κ2) is 6.80. The molecule has 1 amide bonds. The van der Waals surface area contributed by atoms with Gasteiger partial charge in [-0.3, -0.25) is 4.79 Å². The van der Waals surface area contributed by atoms with Crippen LogP contribution in [0, 0.1) is 0 Å². The van der Waals surface area contributed by atoms with Gasteiger partial charge in [-0.15, -0.1) is 0 Å². The maximum atomic E-state index is 12.9. The van der Waals surface area contributed by atoms with Crippen LogP contribution in [0.15, 0.2) is 42.7 Å². The minimum Gasteiger partial charge on any atom is -0.495 e. The first-order valence-corrected chi connectivity index (χ1v) is 8.83. The number of methoxy groups -OCH3 is 1. The second-order valence-corrected chi connectivity index (χ2v) is 6.61. The summed E-state index contributed by atoms with van der Waals surface area (Å²) < 4.78 is 6.86. The van der Waals surface area contributed by atoms with Crippen molar-refractivity contribution in [3.8, 4) is 5.75 Å². The van der Waals surface area contributed by atoms with E-state index in [9.17, 15) is 4.79 Å². The number of hydrogen-bond acceptors (Lipinski definition) is 4. The lowest BCUT2D eigenvalue weighted by Crippen LogP contribution is -2.31. The summed E-state index contributed by atoms with van der Waals surface area (Å²) in [5.74, 6) is 0.593. The monoisotopic (exact) mass is 350 g/mol. The third-order valence-corrected chi connectivity index (χ3v) is 5.03. The highest BCUT2D eigenvalue weighted by Gasteiger charge is 2.23. The van der Waals surface area contributed by atoms with Crippen LogP contribution in [0.5, 0.6) is 5.75 Å². The van der Waals surface area contributed by atoms with Crippen LogP contribution in [0.2, 0.25) is 0 Å². The number of carbonyl (C=O) groups is 1. The molecule has 1 aromatic carbocycles. The van der Waals surface area contributed by atoms with Gasteiger partial charge >= 0.3 is 0 Å². The van der Waals surface area contributed by atoms with Gasteiger partial charge < -0.3 is 15.8 Å². The number of pyridine rings is 1. The van der Waals surface area contributed by atoms with Crippen LogP contribution < -0.4 is 15.8 Å². The van der Waals surface area contributed by atoms with Crippen LogP contribution in [0.25, 0.3) is 5.52 Å². The van der Waals surface area contributed by atoms with Gasteiger partial charge in [0.1, 0.15) is 5.75 Å². The summed E-state index contributed by atoms with van der Waals surface area (Å²) >= 11 is 0. The van der Waals surface area contributed by atoms with E-state index in [1.807, 2.05) is 18.2 Å². The number of fused-ring (bicyclic) bond motifs is 2. The summed E-state index contributed by atoms with van der Waals surface area (Å²) in [6.45, 7) is 0.538. The van der Waals surface area contributed by atoms with Gasteiger partial charge in [0.15, 0.2) is 0 Å². The number of benzene rings is 1. The molecule has 1 atom stereocenters. The van der Waals surface area contributed by atoms with Crippen LogP contribution >= 0.6 is 0 Å². The van der Waals surface area contributed by atoms with Crippen molar-refractivity contribution in [3.05, 3.63) is 65.0 Å². The van der Waals surface area contributed by atoms with E-state index >= 15 is 0 Å². The predicted molar refractivity (Wildman–Crippen MR) is 99.2 cm³/mol. The minimum absolute atomic E-state index is 0.0197. The van der Waals surface area contributed by atoms with Crippen molar-refractivity contribution in [1.82, 2.24) is 14.9 Å². The fraction of sp³-hybridized carbons (Fsp3) is 0.300. The second-order valence-electron chi connectivity index (χ2n) is 6.61. The Labute approximate surface area is 152 Å². The van der Waals surface area contributed by atoms with E-state index in [4.69, 9.17) is 10.5 Å². The number of amides is 1. The Kier molecular flexibility index (Phi) is 4.34. The highest BCUT2D eigenvalue weighted by atomic mass is 16.5. The molecule has 26 heavy (non-hydrogen) atoms. The number of nitrogens with one attached hydrogen (secondary N) is 1. The maximum absolute atomic E-state index is 12.9. The number of rotatable bonds is 4. The topological polar surface area (TPSA) is 81.6 Å². The molecule has 0 spiro atoms. The molecule has 1 aliphatic carbocycles. The molecule has 0 bridgehead atoms. The molecule has 1 unspecified atom stereocenters. The third kappa shape index (κ3) is 2.93. The van der Waals surface area contributed by atoms with Crippen LogP contribution in [0.4, 0.5) is 0 Å². The summed E-state index contributed by atoms with van der Waals surface area (Å²) in [5.41, 5.74) is 10.7. The van der Waals surface area contributed by atoms with Crippen LogP contribution in [-0.4, -0.2) is 22.6 Å². The van der Waals surface area contributed by atoms with Gasteiger partial charge in [-0.05, 0) is 48.1 Å². The molecule has 0 saturated heterocycles. The normalized spacial score (nSPS) is 16.3. The Hall–Kier alpha value is -2.86. The predicted octanol–water partition coefficient (Wildman–Crippen LogP) is 2.61. The van der Waals surface area contributed by atoms with E-state index in [0.717, 1.165) is 30.3 Å². The highest BCUT2D eigenvalue weighted by Crippen LogP contribution is 2.31. The quantitative estimate of drug-likeness (QED) is 0.758.